The average Bonchev–Trinajstić information content (AvgIpc) is 2.81. The van der Waals surface area contributed by atoms with Gasteiger partial charge in [-0.15, -0.1) is 0 Å². The van der Waals surface area contributed by atoms with Gasteiger partial charge in [0.25, 0.3) is 0 Å². The highest BCUT2D eigenvalue weighted by Gasteiger charge is 2.09. The fraction of sp³-hybridized carbons (Fsp3) is 0.0833. The first-order valence-electron chi connectivity index (χ1n) is 4.71. The van der Waals surface area contributed by atoms with Crippen LogP contribution in [0.4, 0.5) is 4.39 Å². The number of ether oxygens (including phenoxy) is 1. The molecule has 0 amide bonds. The van der Waals surface area contributed by atoms with Crippen LogP contribution in [-0.2, 0) is 0 Å². The van der Waals surface area contributed by atoms with Crippen molar-refractivity contribution >= 4 is 5.78 Å². The second-order valence-corrected chi connectivity index (χ2v) is 3.14. The summed E-state index contributed by atoms with van der Waals surface area (Å²) in [5.74, 6) is 0.0995. The molecule has 0 aliphatic rings. The highest BCUT2D eigenvalue weighted by atomic mass is 19.1. The first-order valence-corrected chi connectivity index (χ1v) is 4.71. The van der Waals surface area contributed by atoms with E-state index in [1.807, 2.05) is 0 Å². The van der Waals surface area contributed by atoms with Crippen molar-refractivity contribution in [2.75, 3.05) is 6.61 Å². The van der Waals surface area contributed by atoms with Gasteiger partial charge in [0.15, 0.2) is 12.4 Å². The summed E-state index contributed by atoms with van der Waals surface area (Å²) in [6.07, 6.45) is 1.42. The van der Waals surface area contributed by atoms with Crippen LogP contribution in [0, 0.1) is 5.82 Å². The molecule has 0 fully saturated rings. The van der Waals surface area contributed by atoms with Crippen molar-refractivity contribution in [2.24, 2.45) is 0 Å². The summed E-state index contributed by atoms with van der Waals surface area (Å²) in [6.45, 7) is -0.126. The number of carbonyl (C=O) groups is 1. The molecule has 0 N–H and O–H groups in total. The van der Waals surface area contributed by atoms with Crippen LogP contribution in [0.15, 0.2) is 47.1 Å². The predicted octanol–water partition coefficient (Wildman–Crippen LogP) is 2.68. The smallest absolute Gasteiger partial charge is 0.235 e. The first-order chi connectivity index (χ1) is 7.75. The normalized spacial score (nSPS) is 10.1. The molecular weight excluding hydrogens is 211 g/mol. The van der Waals surface area contributed by atoms with Crippen molar-refractivity contribution in [2.45, 2.75) is 0 Å². The lowest BCUT2D eigenvalue weighted by Crippen LogP contribution is -2.10. The first kappa shape index (κ1) is 10.4. The molecule has 0 saturated carbocycles. The molecule has 0 unspecified atom stereocenters. The number of hydrogen-bond acceptors (Lipinski definition) is 3. The van der Waals surface area contributed by atoms with Crippen LogP contribution >= 0.6 is 0 Å². The summed E-state index contributed by atoms with van der Waals surface area (Å²) in [7, 11) is 0. The van der Waals surface area contributed by atoms with Gasteiger partial charge in [-0.1, -0.05) is 0 Å². The minimum absolute atomic E-state index is 0.126. The summed E-state index contributed by atoms with van der Waals surface area (Å²) in [5, 5.41) is 0. The Labute approximate surface area is 91.5 Å². The van der Waals surface area contributed by atoms with Crippen LogP contribution in [0.25, 0.3) is 0 Å². The van der Waals surface area contributed by atoms with Crippen molar-refractivity contribution < 1.29 is 18.3 Å². The number of rotatable bonds is 4. The quantitative estimate of drug-likeness (QED) is 0.743. The second-order valence-electron chi connectivity index (χ2n) is 3.14. The van der Waals surface area contributed by atoms with Crippen LogP contribution in [0.2, 0.25) is 0 Å². The Balaban J connectivity index is 1.93. The molecule has 0 radical (unpaired) electrons. The number of benzene rings is 1. The Morgan fingerprint density at radius 3 is 2.62 bits per heavy atom. The van der Waals surface area contributed by atoms with Gasteiger partial charge >= 0.3 is 0 Å². The van der Waals surface area contributed by atoms with E-state index in [4.69, 9.17) is 9.15 Å². The zero-order chi connectivity index (χ0) is 11.4. The largest absolute Gasteiger partial charge is 0.485 e. The molecule has 3 nitrogen and oxygen atoms in total. The van der Waals surface area contributed by atoms with E-state index in [0.29, 0.717) is 5.75 Å². The lowest BCUT2D eigenvalue weighted by Gasteiger charge is -2.03. The van der Waals surface area contributed by atoms with Crippen molar-refractivity contribution in [3.8, 4) is 5.75 Å². The SMILES string of the molecule is O=C(COc1ccc(F)cc1)c1ccco1. The summed E-state index contributed by atoms with van der Waals surface area (Å²) in [4.78, 5) is 11.5. The number of halogens is 1. The molecule has 82 valence electrons. The van der Waals surface area contributed by atoms with E-state index in [1.54, 1.807) is 12.1 Å². The molecule has 0 spiro atoms. The fourth-order valence-corrected chi connectivity index (χ4v) is 1.19. The molecule has 1 aromatic heterocycles. The summed E-state index contributed by atoms with van der Waals surface area (Å²) < 4.78 is 22.7. The van der Waals surface area contributed by atoms with Gasteiger partial charge < -0.3 is 9.15 Å². The zero-order valence-corrected chi connectivity index (χ0v) is 8.35. The third-order valence-corrected chi connectivity index (χ3v) is 1.98. The summed E-state index contributed by atoms with van der Waals surface area (Å²) in [6, 6.07) is 8.66. The van der Waals surface area contributed by atoms with Crippen LogP contribution in [-0.4, -0.2) is 12.4 Å². The van der Waals surface area contributed by atoms with Gasteiger partial charge in [0.1, 0.15) is 11.6 Å². The monoisotopic (exact) mass is 220 g/mol. The lowest BCUT2D eigenvalue weighted by atomic mass is 10.3. The minimum Gasteiger partial charge on any atom is -0.485 e. The van der Waals surface area contributed by atoms with E-state index in [-0.39, 0.29) is 24.0 Å². The Bertz CT molecular complexity index is 460. The van der Waals surface area contributed by atoms with Crippen LogP contribution in [0.3, 0.4) is 0 Å². The van der Waals surface area contributed by atoms with Crippen molar-refractivity contribution in [1.82, 2.24) is 0 Å². The van der Waals surface area contributed by atoms with E-state index >= 15 is 0 Å². The van der Waals surface area contributed by atoms with E-state index in [0.717, 1.165) is 0 Å². The third kappa shape index (κ3) is 2.48. The molecular formula is C12H9FO3. The molecule has 1 heterocycles. The molecule has 1 aromatic carbocycles. The summed E-state index contributed by atoms with van der Waals surface area (Å²) >= 11 is 0. The highest BCUT2D eigenvalue weighted by Crippen LogP contribution is 2.11. The van der Waals surface area contributed by atoms with E-state index in [1.165, 1.54) is 30.5 Å². The molecule has 2 aromatic rings. The maximum absolute atomic E-state index is 12.6. The number of ketones is 1. The average molecular weight is 220 g/mol. The molecule has 16 heavy (non-hydrogen) atoms. The number of carbonyl (C=O) groups excluding carboxylic acids is 1. The Kier molecular flexibility index (Phi) is 3.00. The van der Waals surface area contributed by atoms with Crippen molar-refractivity contribution in [1.29, 1.82) is 0 Å². The molecule has 0 aliphatic carbocycles. The molecule has 0 bridgehead atoms. The maximum atomic E-state index is 12.6. The predicted molar refractivity (Wildman–Crippen MR) is 54.9 cm³/mol. The molecule has 0 saturated heterocycles. The maximum Gasteiger partial charge on any atom is 0.235 e. The Hall–Kier alpha value is -2.10. The van der Waals surface area contributed by atoms with Gasteiger partial charge in [0.2, 0.25) is 5.78 Å². The Morgan fingerprint density at radius 1 is 1.25 bits per heavy atom. The molecule has 4 heteroatoms. The van der Waals surface area contributed by atoms with E-state index in [2.05, 4.69) is 0 Å². The minimum atomic E-state index is -0.343. The van der Waals surface area contributed by atoms with Gasteiger partial charge in [0, 0.05) is 0 Å². The fourth-order valence-electron chi connectivity index (χ4n) is 1.19. The van der Waals surface area contributed by atoms with Gasteiger partial charge in [-0.25, -0.2) is 4.39 Å². The van der Waals surface area contributed by atoms with Crippen molar-refractivity contribution in [3.63, 3.8) is 0 Å². The number of hydrogen-bond donors (Lipinski definition) is 0. The van der Waals surface area contributed by atoms with Crippen molar-refractivity contribution in [3.05, 3.63) is 54.2 Å². The zero-order valence-electron chi connectivity index (χ0n) is 8.35. The number of furan rings is 1. The van der Waals surface area contributed by atoms with Gasteiger partial charge in [-0.2, -0.15) is 0 Å². The molecule has 2 rings (SSSR count). The topological polar surface area (TPSA) is 39.4 Å². The highest BCUT2D eigenvalue weighted by molar-refractivity contribution is 5.94. The van der Waals surface area contributed by atoms with Gasteiger partial charge in [-0.3, -0.25) is 4.79 Å². The van der Waals surface area contributed by atoms with Gasteiger partial charge in [0.05, 0.1) is 6.26 Å². The van der Waals surface area contributed by atoms with Crippen LogP contribution < -0.4 is 4.74 Å². The van der Waals surface area contributed by atoms with Crippen LogP contribution in [0.1, 0.15) is 10.6 Å². The summed E-state index contributed by atoms with van der Waals surface area (Å²) in [5.41, 5.74) is 0. The van der Waals surface area contributed by atoms with E-state index in [9.17, 15) is 9.18 Å². The Morgan fingerprint density at radius 2 is 2.00 bits per heavy atom. The molecule has 0 aliphatic heterocycles. The van der Waals surface area contributed by atoms with Gasteiger partial charge in [-0.05, 0) is 36.4 Å². The second kappa shape index (κ2) is 4.61. The van der Waals surface area contributed by atoms with E-state index < -0.39 is 0 Å². The third-order valence-electron chi connectivity index (χ3n) is 1.98. The molecule has 0 atom stereocenters. The lowest BCUT2D eigenvalue weighted by molar-refractivity contribution is 0.0893. The standard InChI is InChI=1S/C12H9FO3/c13-9-3-5-10(6-4-9)16-8-11(14)12-2-1-7-15-12/h1-7H,8H2. The number of Topliss-reactive ketones (excluding diaryl/α,β-unsaturated/α-hetero) is 1. The van der Waals surface area contributed by atoms with Crippen LogP contribution in [0.5, 0.6) is 5.75 Å².